The summed E-state index contributed by atoms with van der Waals surface area (Å²) in [5.41, 5.74) is 2.55. The Morgan fingerprint density at radius 3 is 2.65 bits per heavy atom. The van der Waals surface area contributed by atoms with Crippen molar-refractivity contribution in [3.8, 4) is 0 Å². The fraction of sp³-hybridized carbons (Fsp3) is 0.500. The van der Waals surface area contributed by atoms with E-state index in [1.165, 1.54) is 11.1 Å². The Morgan fingerprint density at radius 2 is 2.00 bits per heavy atom. The molecule has 0 aliphatic rings. The number of aryl methyl sites for hydroxylation is 1. The van der Waals surface area contributed by atoms with E-state index in [-0.39, 0.29) is 5.91 Å². The molecule has 0 bridgehead atoms. The van der Waals surface area contributed by atoms with Gasteiger partial charge in [0.25, 0.3) is 0 Å². The van der Waals surface area contributed by atoms with Gasteiger partial charge in [0.2, 0.25) is 5.91 Å². The van der Waals surface area contributed by atoms with E-state index >= 15 is 0 Å². The Balaban J connectivity index is 2.14. The van der Waals surface area contributed by atoms with E-state index in [1.807, 2.05) is 0 Å². The van der Waals surface area contributed by atoms with Gasteiger partial charge in [0.1, 0.15) is 0 Å². The molecule has 17 heavy (non-hydrogen) atoms. The number of benzene rings is 1. The van der Waals surface area contributed by atoms with Gasteiger partial charge < -0.3 is 5.32 Å². The van der Waals surface area contributed by atoms with Crippen molar-refractivity contribution in [2.75, 3.05) is 12.3 Å². The first-order chi connectivity index (χ1) is 8.22. The highest BCUT2D eigenvalue weighted by Crippen LogP contribution is 2.12. The first-order valence-electron chi connectivity index (χ1n) is 6.12. The first-order valence-corrected chi connectivity index (χ1v) is 7.28. The topological polar surface area (TPSA) is 29.1 Å². The van der Waals surface area contributed by atoms with Crippen molar-refractivity contribution in [3.63, 3.8) is 0 Å². The van der Waals surface area contributed by atoms with E-state index in [1.54, 1.807) is 11.8 Å². The molecule has 0 saturated carbocycles. The molecule has 2 nitrogen and oxygen atoms in total. The Kier molecular flexibility index (Phi) is 6.78. The van der Waals surface area contributed by atoms with Crippen LogP contribution in [0, 0.1) is 6.92 Å². The minimum atomic E-state index is 0.149. The molecule has 0 atom stereocenters. The summed E-state index contributed by atoms with van der Waals surface area (Å²) in [7, 11) is 0. The molecule has 1 aromatic rings. The largest absolute Gasteiger partial charge is 0.355 e. The lowest BCUT2D eigenvalue weighted by atomic mass is 10.2. The van der Waals surface area contributed by atoms with Crippen molar-refractivity contribution in [1.29, 1.82) is 0 Å². The van der Waals surface area contributed by atoms with Crippen molar-refractivity contribution >= 4 is 17.7 Å². The van der Waals surface area contributed by atoms with Crippen LogP contribution in [0.4, 0.5) is 0 Å². The van der Waals surface area contributed by atoms with Gasteiger partial charge in [-0.2, -0.15) is 0 Å². The molecule has 1 aromatic carbocycles. The third kappa shape index (κ3) is 6.37. The average Bonchev–Trinajstić information content (AvgIpc) is 2.32. The van der Waals surface area contributed by atoms with E-state index in [2.05, 4.69) is 43.4 Å². The molecule has 0 unspecified atom stereocenters. The maximum atomic E-state index is 11.4. The number of unbranched alkanes of at least 4 members (excludes halogenated alkanes) is 1. The standard InChI is InChI=1S/C14H21NOS/c1-3-4-9-15-14(16)11-17-10-13-7-5-12(2)6-8-13/h5-8H,3-4,9-11H2,1-2H3,(H,15,16). The molecular weight excluding hydrogens is 230 g/mol. The van der Waals surface area contributed by atoms with Crippen molar-refractivity contribution in [2.24, 2.45) is 0 Å². The molecule has 1 N–H and O–H groups in total. The highest BCUT2D eigenvalue weighted by molar-refractivity contribution is 7.99. The zero-order valence-electron chi connectivity index (χ0n) is 10.7. The molecule has 1 rings (SSSR count). The maximum Gasteiger partial charge on any atom is 0.230 e. The quantitative estimate of drug-likeness (QED) is 0.754. The van der Waals surface area contributed by atoms with Gasteiger partial charge >= 0.3 is 0 Å². The van der Waals surface area contributed by atoms with Crippen LogP contribution in [0.3, 0.4) is 0 Å². The van der Waals surface area contributed by atoms with E-state index in [9.17, 15) is 4.79 Å². The van der Waals surface area contributed by atoms with Crippen LogP contribution < -0.4 is 5.32 Å². The summed E-state index contributed by atoms with van der Waals surface area (Å²) in [5.74, 6) is 1.61. The number of carbonyl (C=O) groups excluding carboxylic acids is 1. The van der Waals surface area contributed by atoms with Crippen LogP contribution in [0.5, 0.6) is 0 Å². The minimum absolute atomic E-state index is 0.149. The highest BCUT2D eigenvalue weighted by Gasteiger charge is 2.00. The Hall–Kier alpha value is -0.960. The molecule has 3 heteroatoms. The lowest BCUT2D eigenvalue weighted by molar-refractivity contribution is -0.118. The highest BCUT2D eigenvalue weighted by atomic mass is 32.2. The maximum absolute atomic E-state index is 11.4. The number of rotatable bonds is 7. The molecule has 0 spiro atoms. The number of amides is 1. The molecule has 0 heterocycles. The number of hydrogen-bond donors (Lipinski definition) is 1. The summed E-state index contributed by atoms with van der Waals surface area (Å²) in [6, 6.07) is 8.46. The SMILES string of the molecule is CCCCNC(=O)CSCc1ccc(C)cc1. The molecule has 0 aromatic heterocycles. The average molecular weight is 251 g/mol. The molecule has 0 aliphatic heterocycles. The summed E-state index contributed by atoms with van der Waals surface area (Å²) < 4.78 is 0. The monoisotopic (exact) mass is 251 g/mol. The molecule has 94 valence electrons. The smallest absolute Gasteiger partial charge is 0.230 e. The summed E-state index contributed by atoms with van der Waals surface area (Å²) in [6.45, 7) is 5.01. The van der Waals surface area contributed by atoms with Gasteiger partial charge in [-0.25, -0.2) is 0 Å². The van der Waals surface area contributed by atoms with Gasteiger partial charge in [0.05, 0.1) is 5.75 Å². The van der Waals surface area contributed by atoms with Gasteiger partial charge in [0, 0.05) is 12.3 Å². The molecule has 0 radical (unpaired) electrons. The third-order valence-electron chi connectivity index (χ3n) is 2.47. The molecule has 1 amide bonds. The van der Waals surface area contributed by atoms with E-state index in [0.29, 0.717) is 5.75 Å². The van der Waals surface area contributed by atoms with E-state index in [0.717, 1.165) is 25.1 Å². The van der Waals surface area contributed by atoms with E-state index < -0.39 is 0 Å². The minimum Gasteiger partial charge on any atom is -0.355 e. The van der Waals surface area contributed by atoms with Crippen LogP contribution in [-0.2, 0) is 10.5 Å². The van der Waals surface area contributed by atoms with Gasteiger partial charge in [-0.1, -0.05) is 43.2 Å². The molecule has 0 saturated heterocycles. The zero-order chi connectivity index (χ0) is 12.5. The lowest BCUT2D eigenvalue weighted by Crippen LogP contribution is -2.26. The van der Waals surface area contributed by atoms with Crippen LogP contribution in [0.25, 0.3) is 0 Å². The number of nitrogens with one attached hydrogen (secondary N) is 1. The second-order valence-corrected chi connectivity index (χ2v) is 5.17. The fourth-order valence-corrected chi connectivity index (χ4v) is 2.22. The number of thioether (sulfide) groups is 1. The predicted molar refractivity (Wildman–Crippen MR) is 75.3 cm³/mol. The molecule has 0 fully saturated rings. The van der Waals surface area contributed by atoms with Crippen LogP contribution in [-0.4, -0.2) is 18.2 Å². The molecular formula is C14H21NOS. The Morgan fingerprint density at radius 1 is 1.29 bits per heavy atom. The predicted octanol–water partition coefficient (Wildman–Crippen LogP) is 3.14. The van der Waals surface area contributed by atoms with Gasteiger partial charge in [0.15, 0.2) is 0 Å². The van der Waals surface area contributed by atoms with Crippen molar-refractivity contribution in [2.45, 2.75) is 32.4 Å². The van der Waals surface area contributed by atoms with Gasteiger partial charge in [-0.3, -0.25) is 4.79 Å². The van der Waals surface area contributed by atoms with Crippen molar-refractivity contribution < 1.29 is 4.79 Å². The molecule has 0 aliphatic carbocycles. The first kappa shape index (κ1) is 14.1. The second-order valence-electron chi connectivity index (χ2n) is 4.18. The Bertz CT molecular complexity index is 335. The van der Waals surface area contributed by atoms with Gasteiger partial charge in [-0.15, -0.1) is 11.8 Å². The fourth-order valence-electron chi connectivity index (χ4n) is 1.40. The van der Waals surface area contributed by atoms with Crippen LogP contribution >= 0.6 is 11.8 Å². The summed E-state index contributed by atoms with van der Waals surface area (Å²) in [6.07, 6.45) is 2.19. The van der Waals surface area contributed by atoms with Crippen LogP contribution in [0.2, 0.25) is 0 Å². The summed E-state index contributed by atoms with van der Waals surface area (Å²) >= 11 is 1.67. The van der Waals surface area contributed by atoms with Crippen LogP contribution in [0.1, 0.15) is 30.9 Å². The lowest BCUT2D eigenvalue weighted by Gasteiger charge is -2.04. The van der Waals surface area contributed by atoms with Gasteiger partial charge in [-0.05, 0) is 18.9 Å². The zero-order valence-corrected chi connectivity index (χ0v) is 11.5. The van der Waals surface area contributed by atoms with Crippen molar-refractivity contribution in [1.82, 2.24) is 5.32 Å². The van der Waals surface area contributed by atoms with E-state index in [4.69, 9.17) is 0 Å². The summed E-state index contributed by atoms with van der Waals surface area (Å²) in [4.78, 5) is 11.4. The summed E-state index contributed by atoms with van der Waals surface area (Å²) in [5, 5.41) is 2.92. The third-order valence-corrected chi connectivity index (χ3v) is 3.48. The number of carbonyl (C=O) groups is 1. The normalized spacial score (nSPS) is 10.2. The second kappa shape index (κ2) is 8.18. The van der Waals surface area contributed by atoms with Crippen molar-refractivity contribution in [3.05, 3.63) is 35.4 Å². The van der Waals surface area contributed by atoms with Crippen LogP contribution in [0.15, 0.2) is 24.3 Å². The Labute approximate surface area is 108 Å². The number of hydrogen-bond acceptors (Lipinski definition) is 2.